The maximum atomic E-state index is 13.5. The Hall–Kier alpha value is -3.91. The van der Waals surface area contributed by atoms with Gasteiger partial charge in [0.05, 0.1) is 30.4 Å². The summed E-state index contributed by atoms with van der Waals surface area (Å²) in [5, 5.41) is 5.11. The number of fused-ring (bicyclic) bond motifs is 4. The molecule has 172 valence electrons. The smallest absolute Gasteiger partial charge is 0.265 e. The highest BCUT2D eigenvalue weighted by Crippen LogP contribution is 2.25. The summed E-state index contributed by atoms with van der Waals surface area (Å²) < 4.78 is 8.42. The molecule has 0 fully saturated rings. The van der Waals surface area contributed by atoms with Crippen molar-refractivity contribution in [3.63, 3.8) is 0 Å². The molecular weight excluding hydrogens is 428 g/mol. The zero-order chi connectivity index (χ0) is 23.8. The van der Waals surface area contributed by atoms with Gasteiger partial charge in [0.15, 0.2) is 11.3 Å². The first-order chi connectivity index (χ1) is 16.5. The van der Waals surface area contributed by atoms with E-state index in [1.165, 1.54) is 5.56 Å². The Labute approximate surface area is 196 Å². The van der Waals surface area contributed by atoms with Crippen LogP contribution >= 0.6 is 0 Å². The molecule has 5 rings (SSSR count). The lowest BCUT2D eigenvalue weighted by molar-refractivity contribution is 0.185. The van der Waals surface area contributed by atoms with E-state index >= 15 is 0 Å². The first kappa shape index (κ1) is 21.9. The number of ether oxygens (including phenoxy) is 1. The third-order valence-corrected chi connectivity index (χ3v) is 5.98. The Morgan fingerprint density at radius 1 is 1.00 bits per heavy atom. The molecule has 0 saturated carbocycles. The second kappa shape index (κ2) is 8.79. The van der Waals surface area contributed by atoms with Crippen LogP contribution in [0.3, 0.4) is 0 Å². The van der Waals surface area contributed by atoms with Gasteiger partial charge in [0.25, 0.3) is 5.56 Å². The van der Waals surface area contributed by atoms with E-state index in [9.17, 15) is 4.79 Å². The minimum Gasteiger partial charge on any atom is -0.383 e. The van der Waals surface area contributed by atoms with Crippen molar-refractivity contribution < 1.29 is 4.74 Å². The predicted octanol–water partition coefficient (Wildman–Crippen LogP) is 4.25. The summed E-state index contributed by atoms with van der Waals surface area (Å²) in [7, 11) is 1.61. The summed E-state index contributed by atoms with van der Waals surface area (Å²) in [5.74, 6) is 1.04. The van der Waals surface area contributed by atoms with E-state index in [-0.39, 0.29) is 5.56 Å². The van der Waals surface area contributed by atoms with E-state index in [4.69, 9.17) is 24.8 Å². The normalized spacial score (nSPS) is 12.1. The molecule has 0 atom stereocenters. The first-order valence-corrected chi connectivity index (χ1v) is 11.3. The van der Waals surface area contributed by atoms with Gasteiger partial charge in [-0.1, -0.05) is 50.2 Å². The van der Waals surface area contributed by atoms with Gasteiger partial charge < -0.3 is 4.74 Å². The van der Waals surface area contributed by atoms with Gasteiger partial charge in [0.1, 0.15) is 16.7 Å². The molecule has 0 aliphatic carbocycles. The average molecular weight is 455 g/mol. The lowest BCUT2D eigenvalue weighted by atomic mass is 10.0. The molecule has 0 bridgehead atoms. The third-order valence-electron chi connectivity index (χ3n) is 5.98. The van der Waals surface area contributed by atoms with Crippen LogP contribution in [0.25, 0.3) is 33.2 Å². The Balaban J connectivity index is 1.76. The lowest BCUT2D eigenvalue weighted by Crippen LogP contribution is -2.25. The molecule has 8 heteroatoms. The number of hydrogen-bond donors (Lipinski definition) is 0. The van der Waals surface area contributed by atoms with Gasteiger partial charge in [-0.25, -0.2) is 15.0 Å². The van der Waals surface area contributed by atoms with Gasteiger partial charge in [-0.2, -0.15) is 9.78 Å². The average Bonchev–Trinajstić information content (AvgIpc) is 3.13. The van der Waals surface area contributed by atoms with E-state index in [2.05, 4.69) is 26.0 Å². The van der Waals surface area contributed by atoms with Crippen molar-refractivity contribution >= 4 is 39.4 Å². The molecule has 0 radical (unpaired) electrons. The minimum atomic E-state index is -0.177. The predicted molar refractivity (Wildman–Crippen MR) is 135 cm³/mol. The van der Waals surface area contributed by atoms with Crippen molar-refractivity contribution in [3.05, 3.63) is 75.8 Å². The summed E-state index contributed by atoms with van der Waals surface area (Å²) >= 11 is 0. The number of aromatic nitrogens is 5. The van der Waals surface area contributed by atoms with Gasteiger partial charge in [0, 0.05) is 7.11 Å². The van der Waals surface area contributed by atoms with Crippen LogP contribution in [-0.4, -0.2) is 44.1 Å². The molecule has 0 amide bonds. The van der Waals surface area contributed by atoms with Crippen LogP contribution < -0.4 is 5.56 Å². The fraction of sp³-hybridized carbons (Fsp3) is 0.269. The molecule has 2 aromatic carbocycles. The monoisotopic (exact) mass is 454 g/mol. The second-order valence-corrected chi connectivity index (χ2v) is 8.57. The Morgan fingerprint density at radius 2 is 1.71 bits per heavy atom. The summed E-state index contributed by atoms with van der Waals surface area (Å²) in [6, 6.07) is 15.9. The van der Waals surface area contributed by atoms with Gasteiger partial charge in [-0.3, -0.25) is 9.36 Å². The number of aryl methyl sites for hydroxylation is 1. The van der Waals surface area contributed by atoms with Crippen LogP contribution in [0.4, 0.5) is 0 Å². The molecule has 3 heterocycles. The number of para-hydroxylation sites is 2. The molecule has 5 aromatic rings. The summed E-state index contributed by atoms with van der Waals surface area (Å²) in [6.45, 7) is 6.95. The molecule has 0 aliphatic rings. The molecular formula is C26H26N6O2. The molecule has 0 aliphatic heterocycles. The summed E-state index contributed by atoms with van der Waals surface area (Å²) in [5.41, 5.74) is 4.90. The molecule has 0 N–H and O–H groups in total. The molecule has 8 nitrogen and oxygen atoms in total. The van der Waals surface area contributed by atoms with E-state index in [0.29, 0.717) is 52.6 Å². The Bertz CT molecular complexity index is 1600. The highest BCUT2D eigenvalue weighted by Gasteiger charge is 2.21. The Morgan fingerprint density at radius 3 is 2.38 bits per heavy atom. The van der Waals surface area contributed by atoms with Gasteiger partial charge in [0.2, 0.25) is 0 Å². The van der Waals surface area contributed by atoms with Crippen LogP contribution in [0.1, 0.15) is 36.7 Å². The largest absolute Gasteiger partial charge is 0.383 e. The SMILES string of the molecule is COCCn1c(C)nc2c(c1=O)c1nc3ccccc3nc1n2/N=C/c1ccc(C(C)C)cc1. The third kappa shape index (κ3) is 3.76. The maximum absolute atomic E-state index is 13.5. The highest BCUT2D eigenvalue weighted by molar-refractivity contribution is 6.05. The zero-order valence-corrected chi connectivity index (χ0v) is 19.7. The number of benzene rings is 2. The maximum Gasteiger partial charge on any atom is 0.265 e. The Kier molecular flexibility index (Phi) is 5.67. The highest BCUT2D eigenvalue weighted by atomic mass is 16.5. The van der Waals surface area contributed by atoms with E-state index in [1.54, 1.807) is 22.6 Å². The minimum absolute atomic E-state index is 0.177. The van der Waals surface area contributed by atoms with Crippen molar-refractivity contribution in [3.8, 4) is 0 Å². The zero-order valence-electron chi connectivity index (χ0n) is 19.7. The van der Waals surface area contributed by atoms with Gasteiger partial charge in [-0.15, -0.1) is 0 Å². The lowest BCUT2D eigenvalue weighted by Gasteiger charge is -2.09. The van der Waals surface area contributed by atoms with Gasteiger partial charge in [-0.05, 0) is 36.1 Å². The van der Waals surface area contributed by atoms with E-state index < -0.39 is 0 Å². The van der Waals surface area contributed by atoms with E-state index in [1.807, 2.05) is 43.3 Å². The molecule has 0 saturated heterocycles. The van der Waals surface area contributed by atoms with Crippen molar-refractivity contribution in [1.29, 1.82) is 0 Å². The number of nitrogens with zero attached hydrogens (tertiary/aromatic N) is 6. The van der Waals surface area contributed by atoms with Crippen LogP contribution in [0.15, 0.2) is 58.4 Å². The van der Waals surface area contributed by atoms with Crippen LogP contribution in [0.5, 0.6) is 0 Å². The fourth-order valence-corrected chi connectivity index (χ4v) is 4.06. The molecule has 34 heavy (non-hydrogen) atoms. The fourth-order valence-electron chi connectivity index (χ4n) is 4.06. The number of rotatable bonds is 6. The molecule has 0 spiro atoms. The van der Waals surface area contributed by atoms with Crippen molar-refractivity contribution in [2.24, 2.45) is 5.10 Å². The van der Waals surface area contributed by atoms with Crippen LogP contribution in [-0.2, 0) is 11.3 Å². The molecule has 3 aromatic heterocycles. The standard InChI is InChI=1S/C26H26N6O2/c1-16(2)19-11-9-18(10-12-19)15-27-32-24-22(26(33)31(13-14-34-4)17(3)28-24)23-25(32)30-21-8-6-5-7-20(21)29-23/h5-12,15-16H,13-14H2,1-4H3/b27-15+. The number of hydrogen-bond acceptors (Lipinski definition) is 6. The number of methoxy groups -OCH3 is 1. The quantitative estimate of drug-likeness (QED) is 0.358. The van der Waals surface area contributed by atoms with Crippen LogP contribution in [0.2, 0.25) is 0 Å². The van der Waals surface area contributed by atoms with Crippen molar-refractivity contribution in [2.45, 2.75) is 33.2 Å². The van der Waals surface area contributed by atoms with Crippen molar-refractivity contribution in [2.75, 3.05) is 13.7 Å². The van der Waals surface area contributed by atoms with Crippen LogP contribution in [0, 0.1) is 6.92 Å². The first-order valence-electron chi connectivity index (χ1n) is 11.3. The molecule has 0 unspecified atom stereocenters. The summed E-state index contributed by atoms with van der Waals surface area (Å²) in [4.78, 5) is 27.9. The summed E-state index contributed by atoms with van der Waals surface area (Å²) in [6.07, 6.45) is 1.76. The van der Waals surface area contributed by atoms with E-state index in [0.717, 1.165) is 11.1 Å². The topological polar surface area (TPSA) is 87.2 Å². The van der Waals surface area contributed by atoms with Crippen molar-refractivity contribution in [1.82, 2.24) is 24.2 Å². The van der Waals surface area contributed by atoms with Gasteiger partial charge >= 0.3 is 0 Å². The second-order valence-electron chi connectivity index (χ2n) is 8.57.